The number of hydrogen-bond acceptors (Lipinski definition) is 12. The fourth-order valence-corrected chi connectivity index (χ4v) is 11.4. The molecule has 0 bridgehead atoms. The summed E-state index contributed by atoms with van der Waals surface area (Å²) in [6.45, 7) is 15.6. The summed E-state index contributed by atoms with van der Waals surface area (Å²) in [5.74, 6) is -0.797. The highest BCUT2D eigenvalue weighted by Gasteiger charge is 2.40. The number of pyridine rings is 1. The van der Waals surface area contributed by atoms with Crippen LogP contribution in [-0.2, 0) is 52.6 Å². The third-order valence-electron chi connectivity index (χ3n) is 15.9. The molecule has 7 unspecified atom stereocenters. The first-order valence-electron chi connectivity index (χ1n) is 28.8. The van der Waals surface area contributed by atoms with Gasteiger partial charge in [-0.15, -0.1) is 12.4 Å². The van der Waals surface area contributed by atoms with E-state index >= 15 is 0 Å². The molecule has 19 heteroatoms. The second kappa shape index (κ2) is 37.1. The largest absolute Gasteiger partial charge is 1.00 e. The number of aromatic amines is 1. The zero-order valence-corrected chi connectivity index (χ0v) is 49.6. The molecule has 0 aromatic carbocycles. The third-order valence-corrected chi connectivity index (χ3v) is 15.9. The first-order chi connectivity index (χ1) is 36.5. The van der Waals surface area contributed by atoms with Crippen molar-refractivity contribution in [2.24, 2.45) is 11.3 Å². The maximum atomic E-state index is 13.6. The second-order valence-corrected chi connectivity index (χ2v) is 21.9. The molecule has 3 aliphatic heterocycles. The Labute approximate surface area is 477 Å². The number of likely N-dealkylation sites (tertiary alicyclic amines) is 3. The van der Waals surface area contributed by atoms with E-state index in [1.807, 2.05) is 55.8 Å². The number of ketones is 2. The Bertz CT molecular complexity index is 2130. The molecule has 78 heavy (non-hydrogen) atoms. The summed E-state index contributed by atoms with van der Waals surface area (Å²) in [7, 11) is 0. The van der Waals surface area contributed by atoms with Crippen LogP contribution in [-0.4, -0.2) is 129 Å². The number of esters is 3. The summed E-state index contributed by atoms with van der Waals surface area (Å²) in [4.78, 5) is 110. The minimum absolute atomic E-state index is 0. The van der Waals surface area contributed by atoms with Crippen molar-refractivity contribution in [1.29, 1.82) is 0 Å². The van der Waals surface area contributed by atoms with E-state index in [1.165, 1.54) is 19.4 Å². The fraction of sp³-hybridized carbons (Fsp3) is 0.729. The van der Waals surface area contributed by atoms with Gasteiger partial charge in [0.25, 0.3) is 0 Å². The predicted octanol–water partition coefficient (Wildman–Crippen LogP) is 6.55. The number of nitrogens with zero attached hydrogens (tertiary/aromatic N) is 5. The molecule has 0 radical (unpaired) electrons. The molecule has 0 saturated carbocycles. The van der Waals surface area contributed by atoms with Crippen LogP contribution >= 0.6 is 12.4 Å². The standard InChI is InChI=1S/C32H46N4O6.C27H46N2O5.2ClH/c1-5-28(35-18-16-34-23-35)9-8-26(27-11-14-33-15-12-27)10-13-32(4,22-24(2)36-17-6-7-29(36)38)31(40)42-20-19-41-30(39)21-25(3)37;1-4-22(20-34-27(33)19-21(3)30)15-16-24(29-17-8-6-7-13-25(29)31)12-9-11-23(5-2)28-18-10-14-26(28)32;;/h11-12,14-16,18,23-24,26,28H,5-10,13,17,19-22H2,1-4H3;22-24H,4-20H2,1-3H3;2*1H. The second-order valence-electron chi connectivity index (χ2n) is 21.9. The van der Waals surface area contributed by atoms with E-state index in [0.717, 1.165) is 116 Å². The van der Waals surface area contributed by atoms with Gasteiger partial charge >= 0.3 is 17.9 Å². The Morgan fingerprint density at radius 2 is 1.28 bits per heavy atom. The normalized spacial score (nSPS) is 17.6. The molecule has 5 heterocycles. The lowest BCUT2D eigenvalue weighted by atomic mass is 9.76. The van der Waals surface area contributed by atoms with Crippen LogP contribution < -0.4 is 17.0 Å². The zero-order chi connectivity index (χ0) is 55.5. The monoisotopic (exact) mass is 1130 g/mol. The van der Waals surface area contributed by atoms with Gasteiger partial charge in [-0.05, 0) is 160 Å². The number of H-pyrrole nitrogens is 1. The van der Waals surface area contributed by atoms with Crippen molar-refractivity contribution >= 4 is 59.6 Å². The topological polar surface area (TPSA) is 207 Å². The fourth-order valence-electron chi connectivity index (χ4n) is 11.4. The first-order valence-corrected chi connectivity index (χ1v) is 28.8. The van der Waals surface area contributed by atoms with Crippen molar-refractivity contribution in [1.82, 2.24) is 24.7 Å². The van der Waals surface area contributed by atoms with Gasteiger partial charge in [-0.2, -0.15) is 0 Å². The van der Waals surface area contributed by atoms with Crippen molar-refractivity contribution in [2.45, 2.75) is 226 Å². The van der Waals surface area contributed by atoms with Crippen LogP contribution in [0.5, 0.6) is 0 Å². The summed E-state index contributed by atoms with van der Waals surface area (Å²) in [5, 5.41) is 0. The number of carbonyl (C=O) groups excluding carboxylic acids is 8. The number of carbonyl (C=O) groups is 8. The van der Waals surface area contributed by atoms with Crippen LogP contribution in [0.25, 0.3) is 0 Å². The van der Waals surface area contributed by atoms with Crippen LogP contribution in [0.15, 0.2) is 43.2 Å². The van der Waals surface area contributed by atoms with Gasteiger partial charge in [0.2, 0.25) is 24.0 Å². The highest BCUT2D eigenvalue weighted by Crippen LogP contribution is 2.39. The molecule has 2 aromatic heterocycles. The molecule has 440 valence electrons. The Morgan fingerprint density at radius 3 is 1.87 bits per heavy atom. The number of ether oxygens (including phenoxy) is 3. The molecule has 2 aromatic rings. The first kappa shape index (κ1) is 69.2. The summed E-state index contributed by atoms with van der Waals surface area (Å²) in [5.41, 5.74) is 0.339. The highest BCUT2D eigenvalue weighted by molar-refractivity contribution is 5.94. The Hall–Kier alpha value is -4.90. The molecule has 7 atom stereocenters. The molecule has 5 rings (SSSR count). The van der Waals surface area contributed by atoms with Gasteiger partial charge in [0.1, 0.15) is 56.1 Å². The Kier molecular flexibility index (Phi) is 32.9. The van der Waals surface area contributed by atoms with E-state index in [1.54, 1.807) is 0 Å². The van der Waals surface area contributed by atoms with E-state index < -0.39 is 17.4 Å². The quantitative estimate of drug-likeness (QED) is 0.0266. The number of hydrogen-bond donors (Lipinski definition) is 1. The van der Waals surface area contributed by atoms with E-state index in [0.29, 0.717) is 57.3 Å². The average Bonchev–Trinajstić information content (AvgIpc) is 4.16. The maximum Gasteiger partial charge on any atom is 0.313 e. The number of amides is 3. The van der Waals surface area contributed by atoms with Crippen LogP contribution in [0.4, 0.5) is 0 Å². The van der Waals surface area contributed by atoms with E-state index in [-0.39, 0.29) is 110 Å². The highest BCUT2D eigenvalue weighted by atomic mass is 35.5. The molecule has 3 fully saturated rings. The molecule has 0 aliphatic carbocycles. The molecule has 3 saturated heterocycles. The van der Waals surface area contributed by atoms with Crippen LogP contribution in [0, 0.1) is 11.3 Å². The molecular weight excluding hydrogens is 1040 g/mol. The van der Waals surface area contributed by atoms with Crippen LogP contribution in [0.3, 0.4) is 0 Å². The molecule has 1 N–H and O–H groups in total. The van der Waals surface area contributed by atoms with E-state index in [4.69, 9.17) is 14.2 Å². The molecule has 3 aliphatic rings. The number of imidazole rings is 1. The lowest BCUT2D eigenvalue weighted by Gasteiger charge is -2.35. The molecule has 3 amide bonds. The Morgan fingerprint density at radius 1 is 0.692 bits per heavy atom. The zero-order valence-electron chi connectivity index (χ0n) is 48.0. The van der Waals surface area contributed by atoms with Gasteiger partial charge in [-0.1, -0.05) is 33.6 Å². The molecular formula is C59H94Cl2N6O11. The SMILES string of the molecule is CCC(CCC(CCC(C)(CC(C)N1CCCC1=O)C(=O)OCCOC(=O)CC(C)=O)c1ccncc1)[n+]1cc[nH]c1.CCC(CCC(CCCC(CC)N1CCCC1=O)N1CCCCCC1=O)COC(=O)CC(C)=O.Cl.[Cl-]. The summed E-state index contributed by atoms with van der Waals surface area (Å²) in [6, 6.07) is 4.85. The van der Waals surface area contributed by atoms with Gasteiger partial charge in [0, 0.05) is 69.4 Å². The Balaban J connectivity index is 0.000000531. The molecule has 17 nitrogen and oxygen atoms in total. The smallest absolute Gasteiger partial charge is 0.313 e. The summed E-state index contributed by atoms with van der Waals surface area (Å²) < 4.78 is 18.2. The van der Waals surface area contributed by atoms with Gasteiger partial charge in [0.15, 0.2) is 0 Å². The van der Waals surface area contributed by atoms with Gasteiger partial charge < -0.3 is 41.3 Å². The minimum Gasteiger partial charge on any atom is -1.00 e. The van der Waals surface area contributed by atoms with Crippen LogP contribution in [0.2, 0.25) is 0 Å². The van der Waals surface area contributed by atoms with Gasteiger partial charge in [-0.3, -0.25) is 48.3 Å². The lowest BCUT2D eigenvalue weighted by molar-refractivity contribution is -0.723. The van der Waals surface area contributed by atoms with Crippen molar-refractivity contribution in [3.63, 3.8) is 0 Å². The maximum absolute atomic E-state index is 13.6. The molecule has 0 spiro atoms. The number of nitrogens with one attached hydrogen (secondary N) is 1. The van der Waals surface area contributed by atoms with Crippen LogP contribution in [0.1, 0.15) is 214 Å². The number of Topliss-reactive ketones (excluding diaryl/α,β-unsaturated/α-hetero) is 2. The van der Waals surface area contributed by atoms with Crippen molar-refractivity contribution in [3.8, 4) is 0 Å². The minimum atomic E-state index is -0.851. The average molecular weight is 1130 g/mol. The number of halogens is 2. The van der Waals surface area contributed by atoms with Crippen molar-refractivity contribution < 1.29 is 69.5 Å². The number of rotatable bonds is 33. The predicted molar refractivity (Wildman–Crippen MR) is 295 cm³/mol. The van der Waals surface area contributed by atoms with Gasteiger partial charge in [-0.25, -0.2) is 4.57 Å². The van der Waals surface area contributed by atoms with Crippen molar-refractivity contribution in [3.05, 3.63) is 48.8 Å². The summed E-state index contributed by atoms with van der Waals surface area (Å²) in [6.07, 6.45) is 27.2. The summed E-state index contributed by atoms with van der Waals surface area (Å²) >= 11 is 0. The van der Waals surface area contributed by atoms with Crippen molar-refractivity contribution in [2.75, 3.05) is 39.5 Å². The lowest BCUT2D eigenvalue weighted by Crippen LogP contribution is -3.00. The van der Waals surface area contributed by atoms with Gasteiger partial charge in [0.05, 0.1) is 12.0 Å². The number of aromatic nitrogens is 3. The third kappa shape index (κ3) is 23.8. The van der Waals surface area contributed by atoms with E-state index in [9.17, 15) is 38.4 Å². The van der Waals surface area contributed by atoms with E-state index in [2.05, 4.69) is 51.3 Å².